The van der Waals surface area contributed by atoms with E-state index in [-0.39, 0.29) is 5.82 Å². The summed E-state index contributed by atoms with van der Waals surface area (Å²) in [7, 11) is 1.76. The number of benzene rings is 1. The molecule has 0 atom stereocenters. The number of ether oxygens (including phenoxy) is 1. The van der Waals surface area contributed by atoms with E-state index in [1.807, 2.05) is 6.92 Å². The first-order chi connectivity index (χ1) is 8.11. The van der Waals surface area contributed by atoms with Crippen LogP contribution in [0.5, 0.6) is 11.6 Å². The van der Waals surface area contributed by atoms with Crippen molar-refractivity contribution in [2.75, 3.05) is 0 Å². The number of rotatable bonds is 3. The predicted molar refractivity (Wildman–Crippen MR) is 64.0 cm³/mol. The fourth-order valence-corrected chi connectivity index (χ4v) is 1.91. The van der Waals surface area contributed by atoms with Crippen LogP contribution in [0.2, 0.25) is 0 Å². The Balaban J connectivity index is 2.36. The Morgan fingerprint density at radius 3 is 2.88 bits per heavy atom. The molecule has 3 nitrogen and oxygen atoms in total. The monoisotopic (exact) mass is 254 g/mol. The molecular weight excluding hydrogens is 243 g/mol. The number of hydrogen-bond donors (Lipinski definition) is 0. The lowest BCUT2D eigenvalue weighted by Crippen LogP contribution is -1.96. The maximum absolute atomic E-state index is 13.0. The SMILES string of the molecule is Cc1nn(C)c(Oc2cccc(F)c2)c1CCl. The van der Waals surface area contributed by atoms with E-state index >= 15 is 0 Å². The zero-order valence-electron chi connectivity index (χ0n) is 9.58. The van der Waals surface area contributed by atoms with Crippen LogP contribution in [0, 0.1) is 12.7 Å². The van der Waals surface area contributed by atoms with Crippen LogP contribution >= 0.6 is 11.6 Å². The number of aryl methyl sites for hydroxylation is 2. The third-order valence-corrected chi connectivity index (χ3v) is 2.70. The van der Waals surface area contributed by atoms with Crippen LogP contribution in [0.25, 0.3) is 0 Å². The Morgan fingerprint density at radius 1 is 1.47 bits per heavy atom. The molecule has 0 bridgehead atoms. The van der Waals surface area contributed by atoms with Crippen molar-refractivity contribution in [3.8, 4) is 11.6 Å². The van der Waals surface area contributed by atoms with Gasteiger partial charge in [0.1, 0.15) is 11.6 Å². The van der Waals surface area contributed by atoms with Crippen molar-refractivity contribution in [1.29, 1.82) is 0 Å². The normalized spacial score (nSPS) is 10.6. The van der Waals surface area contributed by atoms with E-state index in [4.69, 9.17) is 16.3 Å². The first-order valence-electron chi connectivity index (χ1n) is 5.13. The van der Waals surface area contributed by atoms with E-state index in [1.54, 1.807) is 23.9 Å². The molecule has 0 saturated carbocycles. The van der Waals surface area contributed by atoms with Crippen molar-refractivity contribution in [1.82, 2.24) is 9.78 Å². The lowest BCUT2D eigenvalue weighted by atomic mass is 10.3. The lowest BCUT2D eigenvalue weighted by Gasteiger charge is -2.07. The molecule has 0 aliphatic rings. The smallest absolute Gasteiger partial charge is 0.222 e. The molecule has 2 rings (SSSR count). The molecule has 2 aromatic rings. The molecular formula is C12H12ClFN2O. The van der Waals surface area contributed by atoms with Crippen LogP contribution in [0.1, 0.15) is 11.3 Å². The second-order valence-corrected chi connectivity index (χ2v) is 3.95. The van der Waals surface area contributed by atoms with Crippen LogP contribution in [0.4, 0.5) is 4.39 Å². The first-order valence-corrected chi connectivity index (χ1v) is 5.67. The molecule has 0 aliphatic heterocycles. The summed E-state index contributed by atoms with van der Waals surface area (Å²) < 4.78 is 20.2. The summed E-state index contributed by atoms with van der Waals surface area (Å²) in [4.78, 5) is 0. The number of hydrogen-bond acceptors (Lipinski definition) is 2. The van der Waals surface area contributed by atoms with E-state index in [9.17, 15) is 4.39 Å². The fourth-order valence-electron chi connectivity index (χ4n) is 1.60. The summed E-state index contributed by atoms with van der Waals surface area (Å²) in [5, 5.41) is 4.21. The van der Waals surface area contributed by atoms with Crippen molar-refractivity contribution < 1.29 is 9.13 Å². The highest BCUT2D eigenvalue weighted by Crippen LogP contribution is 2.28. The number of alkyl halides is 1. The Morgan fingerprint density at radius 2 is 2.24 bits per heavy atom. The highest BCUT2D eigenvalue weighted by Gasteiger charge is 2.14. The molecule has 1 heterocycles. The van der Waals surface area contributed by atoms with Gasteiger partial charge in [0.2, 0.25) is 5.88 Å². The summed E-state index contributed by atoms with van der Waals surface area (Å²) in [6, 6.07) is 5.96. The molecule has 17 heavy (non-hydrogen) atoms. The van der Waals surface area contributed by atoms with E-state index in [2.05, 4.69) is 5.10 Å². The summed E-state index contributed by atoms with van der Waals surface area (Å²) in [5.41, 5.74) is 1.63. The second kappa shape index (κ2) is 4.75. The van der Waals surface area contributed by atoms with Gasteiger partial charge in [0.05, 0.1) is 17.1 Å². The summed E-state index contributed by atoms with van der Waals surface area (Å²) in [5.74, 6) is 0.945. The average molecular weight is 255 g/mol. The van der Waals surface area contributed by atoms with Crippen LogP contribution in [0.3, 0.4) is 0 Å². The Bertz CT molecular complexity index is 539. The van der Waals surface area contributed by atoms with Gasteiger partial charge in [-0.15, -0.1) is 11.6 Å². The maximum Gasteiger partial charge on any atom is 0.222 e. The molecule has 0 spiro atoms. The third kappa shape index (κ3) is 2.42. The minimum atomic E-state index is -0.339. The number of nitrogens with zero attached hydrogens (tertiary/aromatic N) is 2. The van der Waals surface area contributed by atoms with Crippen molar-refractivity contribution in [3.63, 3.8) is 0 Å². The molecule has 0 N–H and O–H groups in total. The van der Waals surface area contributed by atoms with E-state index < -0.39 is 0 Å². The van der Waals surface area contributed by atoms with Crippen molar-refractivity contribution in [2.24, 2.45) is 7.05 Å². The van der Waals surface area contributed by atoms with Crippen LogP contribution in [0.15, 0.2) is 24.3 Å². The highest BCUT2D eigenvalue weighted by atomic mass is 35.5. The largest absolute Gasteiger partial charge is 0.439 e. The minimum Gasteiger partial charge on any atom is -0.439 e. The predicted octanol–water partition coefficient (Wildman–Crippen LogP) is 3.40. The van der Waals surface area contributed by atoms with Gasteiger partial charge in [0.25, 0.3) is 0 Å². The summed E-state index contributed by atoms with van der Waals surface area (Å²) in [6.07, 6.45) is 0. The molecule has 0 aliphatic carbocycles. The molecule has 5 heteroatoms. The molecule has 90 valence electrons. The Hall–Kier alpha value is -1.55. The van der Waals surface area contributed by atoms with Gasteiger partial charge in [0.15, 0.2) is 0 Å². The van der Waals surface area contributed by atoms with Gasteiger partial charge in [-0.1, -0.05) is 6.07 Å². The standard InChI is InChI=1S/C12H12ClFN2O/c1-8-11(7-13)12(16(2)15-8)17-10-5-3-4-9(14)6-10/h3-6H,7H2,1-2H3. The lowest BCUT2D eigenvalue weighted by molar-refractivity contribution is 0.424. The molecule has 0 unspecified atom stereocenters. The zero-order chi connectivity index (χ0) is 12.4. The Kier molecular flexibility index (Phi) is 3.33. The zero-order valence-corrected chi connectivity index (χ0v) is 10.3. The topological polar surface area (TPSA) is 27.1 Å². The Labute approximate surface area is 104 Å². The number of halogens is 2. The number of aromatic nitrogens is 2. The van der Waals surface area contributed by atoms with E-state index in [1.165, 1.54) is 12.1 Å². The van der Waals surface area contributed by atoms with Crippen LogP contribution in [-0.2, 0) is 12.9 Å². The molecule has 1 aromatic heterocycles. The molecule has 0 fully saturated rings. The van der Waals surface area contributed by atoms with Crippen molar-refractivity contribution in [2.45, 2.75) is 12.8 Å². The van der Waals surface area contributed by atoms with Crippen molar-refractivity contribution >= 4 is 11.6 Å². The quantitative estimate of drug-likeness (QED) is 0.785. The van der Waals surface area contributed by atoms with Gasteiger partial charge in [0, 0.05) is 13.1 Å². The molecule has 0 amide bonds. The van der Waals surface area contributed by atoms with Gasteiger partial charge in [-0.2, -0.15) is 5.10 Å². The third-order valence-electron chi connectivity index (χ3n) is 2.43. The second-order valence-electron chi connectivity index (χ2n) is 3.69. The first kappa shape index (κ1) is 11.9. The minimum absolute atomic E-state index is 0.310. The van der Waals surface area contributed by atoms with Gasteiger partial charge >= 0.3 is 0 Å². The summed E-state index contributed by atoms with van der Waals surface area (Å²) >= 11 is 5.84. The molecule has 1 aromatic carbocycles. The summed E-state index contributed by atoms with van der Waals surface area (Å²) in [6.45, 7) is 1.86. The molecule has 0 saturated heterocycles. The highest BCUT2D eigenvalue weighted by molar-refractivity contribution is 6.17. The van der Waals surface area contributed by atoms with E-state index in [0.717, 1.165) is 11.3 Å². The average Bonchev–Trinajstić information content (AvgIpc) is 2.53. The van der Waals surface area contributed by atoms with Gasteiger partial charge in [-0.25, -0.2) is 9.07 Å². The van der Waals surface area contributed by atoms with Gasteiger partial charge in [-0.05, 0) is 19.1 Å². The molecule has 0 radical (unpaired) electrons. The fraction of sp³-hybridized carbons (Fsp3) is 0.250. The van der Waals surface area contributed by atoms with Gasteiger partial charge < -0.3 is 4.74 Å². The van der Waals surface area contributed by atoms with Crippen molar-refractivity contribution in [3.05, 3.63) is 41.3 Å². The van der Waals surface area contributed by atoms with Crippen LogP contribution < -0.4 is 4.74 Å². The maximum atomic E-state index is 13.0. The van der Waals surface area contributed by atoms with Gasteiger partial charge in [-0.3, -0.25) is 0 Å². The van der Waals surface area contributed by atoms with E-state index in [0.29, 0.717) is 17.5 Å². The van der Waals surface area contributed by atoms with Crippen LogP contribution in [-0.4, -0.2) is 9.78 Å².